The van der Waals surface area contributed by atoms with Crippen LogP contribution >= 0.6 is 22.6 Å². The Bertz CT molecular complexity index is 903. The number of ether oxygens (including phenoxy) is 2. The molecule has 0 aliphatic carbocycles. The minimum atomic E-state index is -0.583. The summed E-state index contributed by atoms with van der Waals surface area (Å²) < 4.78 is 24.9. The minimum absolute atomic E-state index is 0.0232. The zero-order valence-electron chi connectivity index (χ0n) is 15.0. The van der Waals surface area contributed by atoms with E-state index in [1.807, 2.05) is 19.9 Å². The Morgan fingerprint density at radius 3 is 2.52 bits per heavy atom. The number of halogens is 2. The Morgan fingerprint density at radius 2 is 1.96 bits per heavy atom. The van der Waals surface area contributed by atoms with E-state index in [4.69, 9.17) is 9.47 Å². The second-order valence-corrected chi connectivity index (χ2v) is 6.99. The lowest BCUT2D eigenvalue weighted by Gasteiger charge is -2.16. The second-order valence-electron chi connectivity index (χ2n) is 5.83. The lowest BCUT2D eigenvalue weighted by atomic mass is 10.1. The van der Waals surface area contributed by atoms with Crippen molar-refractivity contribution in [3.63, 3.8) is 0 Å². The second kappa shape index (κ2) is 9.37. The van der Waals surface area contributed by atoms with Crippen LogP contribution in [0.15, 0.2) is 42.0 Å². The van der Waals surface area contributed by atoms with Crippen LogP contribution in [0.4, 0.5) is 10.1 Å². The molecule has 0 spiro atoms. The van der Waals surface area contributed by atoms with Crippen LogP contribution in [-0.4, -0.2) is 19.1 Å². The molecule has 2 rings (SSSR count). The summed E-state index contributed by atoms with van der Waals surface area (Å²) in [5.41, 5.74) is 0.934. The third-order valence-corrected chi connectivity index (χ3v) is 4.18. The van der Waals surface area contributed by atoms with Crippen LogP contribution in [-0.2, 0) is 4.79 Å². The van der Waals surface area contributed by atoms with E-state index in [0.717, 1.165) is 3.57 Å². The number of carbonyl (C=O) groups is 1. The van der Waals surface area contributed by atoms with E-state index < -0.39 is 11.7 Å². The molecule has 0 unspecified atom stereocenters. The maximum Gasteiger partial charge on any atom is 0.266 e. The van der Waals surface area contributed by atoms with E-state index in [9.17, 15) is 14.4 Å². The van der Waals surface area contributed by atoms with Gasteiger partial charge < -0.3 is 14.8 Å². The molecule has 27 heavy (non-hydrogen) atoms. The van der Waals surface area contributed by atoms with Gasteiger partial charge in [0.25, 0.3) is 5.91 Å². The average Bonchev–Trinajstić information content (AvgIpc) is 2.63. The smallest absolute Gasteiger partial charge is 0.266 e. The molecule has 0 aliphatic rings. The SMILES string of the molecule is COc1cc(/C=C(\C#N)C(=O)Nc2ccc(F)cc2)cc(I)c1OC(C)C. The number of nitriles is 1. The van der Waals surface area contributed by atoms with Gasteiger partial charge in [-0.2, -0.15) is 5.26 Å². The number of nitrogens with one attached hydrogen (secondary N) is 1. The number of benzene rings is 2. The molecule has 5 nitrogen and oxygen atoms in total. The number of methoxy groups -OCH3 is 1. The maximum atomic E-state index is 13.0. The molecule has 140 valence electrons. The summed E-state index contributed by atoms with van der Waals surface area (Å²) >= 11 is 2.11. The van der Waals surface area contributed by atoms with E-state index in [1.54, 1.807) is 12.1 Å². The highest BCUT2D eigenvalue weighted by Gasteiger charge is 2.15. The predicted molar refractivity (Wildman–Crippen MR) is 110 cm³/mol. The van der Waals surface area contributed by atoms with E-state index in [0.29, 0.717) is 22.7 Å². The first-order chi connectivity index (χ1) is 12.8. The van der Waals surface area contributed by atoms with Gasteiger partial charge in [0.1, 0.15) is 17.5 Å². The Morgan fingerprint density at radius 1 is 1.30 bits per heavy atom. The molecule has 2 aromatic rings. The number of anilines is 1. The molecule has 0 aliphatic heterocycles. The fourth-order valence-electron chi connectivity index (χ4n) is 2.22. The zero-order chi connectivity index (χ0) is 20.0. The fourth-order valence-corrected chi connectivity index (χ4v) is 2.97. The summed E-state index contributed by atoms with van der Waals surface area (Å²) in [5.74, 6) is 0.132. The minimum Gasteiger partial charge on any atom is -0.493 e. The molecule has 0 atom stereocenters. The Labute approximate surface area is 170 Å². The number of amides is 1. The molecule has 2 aromatic carbocycles. The van der Waals surface area contributed by atoms with E-state index in [-0.39, 0.29) is 11.7 Å². The Kier molecular flexibility index (Phi) is 7.19. The van der Waals surface area contributed by atoms with Crippen molar-refractivity contribution in [3.05, 3.63) is 56.9 Å². The number of carbonyl (C=O) groups excluding carboxylic acids is 1. The predicted octanol–water partition coefficient (Wildman–Crippen LogP) is 4.77. The summed E-state index contributed by atoms with van der Waals surface area (Å²) in [7, 11) is 1.53. The standard InChI is InChI=1S/C20H18FIN2O3/c1-12(2)27-19-17(22)9-13(10-18(19)26-3)8-14(11-23)20(25)24-16-6-4-15(21)5-7-16/h4-10,12H,1-3H3,(H,24,25)/b14-8+. The molecular formula is C20H18FIN2O3. The van der Waals surface area contributed by atoms with Crippen LogP contribution in [0.3, 0.4) is 0 Å². The van der Waals surface area contributed by atoms with Crippen LogP contribution in [0, 0.1) is 20.7 Å². The molecule has 0 radical (unpaired) electrons. The summed E-state index contributed by atoms with van der Waals surface area (Å²) in [6.45, 7) is 3.83. The van der Waals surface area contributed by atoms with Crippen LogP contribution in [0.5, 0.6) is 11.5 Å². The lowest BCUT2D eigenvalue weighted by molar-refractivity contribution is -0.112. The fraction of sp³-hybridized carbons (Fsp3) is 0.200. The summed E-state index contributed by atoms with van der Waals surface area (Å²) in [4.78, 5) is 12.3. The van der Waals surface area contributed by atoms with Crippen LogP contribution in [0.2, 0.25) is 0 Å². The van der Waals surface area contributed by atoms with Crippen LogP contribution < -0.4 is 14.8 Å². The quantitative estimate of drug-likeness (QED) is 0.368. The molecule has 7 heteroatoms. The first-order valence-corrected chi connectivity index (χ1v) is 9.14. The molecular weight excluding hydrogens is 462 g/mol. The number of hydrogen-bond donors (Lipinski definition) is 1. The Hall–Kier alpha value is -2.60. The molecule has 0 bridgehead atoms. The molecule has 0 saturated heterocycles. The summed E-state index contributed by atoms with van der Waals surface area (Å²) in [5, 5.41) is 11.9. The number of rotatable bonds is 6. The number of hydrogen-bond acceptors (Lipinski definition) is 4. The van der Waals surface area contributed by atoms with Gasteiger partial charge in [-0.05, 0) is 84.5 Å². The van der Waals surface area contributed by atoms with Gasteiger partial charge in [-0.1, -0.05) is 0 Å². The van der Waals surface area contributed by atoms with Crippen molar-refractivity contribution in [2.24, 2.45) is 0 Å². The van der Waals surface area contributed by atoms with Crippen molar-refractivity contribution in [2.45, 2.75) is 20.0 Å². The summed E-state index contributed by atoms with van der Waals surface area (Å²) in [6.07, 6.45) is 1.44. The van der Waals surface area contributed by atoms with Crippen LogP contribution in [0.25, 0.3) is 6.08 Å². The van der Waals surface area contributed by atoms with Crippen molar-refractivity contribution in [1.82, 2.24) is 0 Å². The number of nitrogens with zero attached hydrogens (tertiary/aromatic N) is 1. The van der Waals surface area contributed by atoms with Crippen molar-refractivity contribution in [1.29, 1.82) is 5.26 Å². The molecule has 0 fully saturated rings. The monoisotopic (exact) mass is 480 g/mol. The van der Waals surface area contributed by atoms with Gasteiger partial charge in [0.2, 0.25) is 0 Å². The highest BCUT2D eigenvalue weighted by atomic mass is 127. The third-order valence-electron chi connectivity index (χ3n) is 3.38. The normalized spacial score (nSPS) is 11.1. The summed E-state index contributed by atoms with van der Waals surface area (Å²) in [6, 6.07) is 10.7. The van der Waals surface area contributed by atoms with Gasteiger partial charge in [-0.3, -0.25) is 4.79 Å². The maximum absolute atomic E-state index is 13.0. The van der Waals surface area contributed by atoms with E-state index in [2.05, 4.69) is 27.9 Å². The molecule has 0 heterocycles. The van der Waals surface area contributed by atoms with Gasteiger partial charge >= 0.3 is 0 Å². The van der Waals surface area contributed by atoms with Gasteiger partial charge in [0, 0.05) is 5.69 Å². The third kappa shape index (κ3) is 5.69. The first kappa shape index (κ1) is 20.7. The molecule has 1 N–H and O–H groups in total. The lowest BCUT2D eigenvalue weighted by Crippen LogP contribution is -2.13. The molecule has 1 amide bonds. The van der Waals surface area contributed by atoms with Gasteiger partial charge in [-0.25, -0.2) is 4.39 Å². The van der Waals surface area contributed by atoms with Crippen molar-refractivity contribution >= 4 is 40.3 Å². The van der Waals surface area contributed by atoms with Gasteiger partial charge in [-0.15, -0.1) is 0 Å². The largest absolute Gasteiger partial charge is 0.493 e. The topological polar surface area (TPSA) is 71.3 Å². The average molecular weight is 480 g/mol. The zero-order valence-corrected chi connectivity index (χ0v) is 17.2. The molecule has 0 aromatic heterocycles. The van der Waals surface area contributed by atoms with Crippen LogP contribution in [0.1, 0.15) is 19.4 Å². The first-order valence-electron chi connectivity index (χ1n) is 8.07. The van der Waals surface area contributed by atoms with Crippen molar-refractivity contribution in [3.8, 4) is 17.6 Å². The van der Waals surface area contributed by atoms with Gasteiger partial charge in [0.15, 0.2) is 11.5 Å². The molecule has 0 saturated carbocycles. The van der Waals surface area contributed by atoms with Crippen molar-refractivity contribution < 1.29 is 18.7 Å². The van der Waals surface area contributed by atoms with E-state index >= 15 is 0 Å². The highest BCUT2D eigenvalue weighted by Crippen LogP contribution is 2.35. The van der Waals surface area contributed by atoms with E-state index in [1.165, 1.54) is 37.5 Å². The Balaban J connectivity index is 2.31. The highest BCUT2D eigenvalue weighted by molar-refractivity contribution is 14.1. The van der Waals surface area contributed by atoms with Gasteiger partial charge in [0.05, 0.1) is 16.8 Å². The van der Waals surface area contributed by atoms with Crippen molar-refractivity contribution in [2.75, 3.05) is 12.4 Å².